The highest BCUT2D eigenvalue weighted by Gasteiger charge is 2.41. The van der Waals surface area contributed by atoms with Crippen LogP contribution in [-0.2, 0) is 11.0 Å². The second-order valence-electron chi connectivity index (χ2n) is 5.11. The van der Waals surface area contributed by atoms with Crippen LogP contribution in [0.15, 0.2) is 18.2 Å². The van der Waals surface area contributed by atoms with E-state index in [0.29, 0.717) is 12.8 Å². The molecule has 0 saturated carbocycles. The number of rotatable bonds is 3. The van der Waals surface area contributed by atoms with Gasteiger partial charge in [-0.3, -0.25) is 19.0 Å². The van der Waals surface area contributed by atoms with E-state index in [1.807, 2.05) is 6.92 Å². The van der Waals surface area contributed by atoms with E-state index in [0.717, 1.165) is 18.2 Å². The lowest BCUT2D eigenvalue weighted by atomic mass is 9.84. The predicted octanol–water partition coefficient (Wildman–Crippen LogP) is 2.78. The Morgan fingerprint density at radius 3 is 2.29 bits per heavy atom. The first-order valence-corrected chi connectivity index (χ1v) is 6.68. The van der Waals surface area contributed by atoms with Gasteiger partial charge in [-0.1, -0.05) is 13.3 Å². The largest absolute Gasteiger partial charge is 0.488 e. The van der Waals surface area contributed by atoms with Gasteiger partial charge in [0.1, 0.15) is 23.6 Å². The van der Waals surface area contributed by atoms with E-state index in [9.17, 15) is 22.8 Å². The first-order chi connectivity index (χ1) is 9.75. The summed E-state index contributed by atoms with van der Waals surface area (Å²) in [5.41, 5.74) is -0.832. The SMILES string of the molecule is B.CCCC1Oc2cc(C(F)(F)F)ccc2C(=O)C1C(C)=O.F.F. The van der Waals surface area contributed by atoms with Crippen LogP contribution in [0.2, 0.25) is 0 Å². The highest BCUT2D eigenvalue weighted by Crippen LogP contribution is 2.38. The van der Waals surface area contributed by atoms with Crippen molar-refractivity contribution in [3.8, 4) is 5.75 Å². The molecular formula is C15H20BF5O3. The van der Waals surface area contributed by atoms with Gasteiger partial charge in [0, 0.05) is 0 Å². The zero-order chi connectivity index (χ0) is 15.8. The number of ketones is 2. The maximum absolute atomic E-state index is 12.7. The van der Waals surface area contributed by atoms with E-state index in [2.05, 4.69) is 0 Å². The van der Waals surface area contributed by atoms with Crippen LogP contribution in [0.4, 0.5) is 22.6 Å². The molecule has 2 rings (SSSR count). The standard InChI is InChI=1S/C15H15F3O3.BH3.2FH/c1-3-4-11-13(8(2)19)14(20)10-6-5-9(15(16,17)18)7-12(10)21-11;;;/h5-7,11,13H,3-4H2,1-2H3;1H3;2*1H. The van der Waals surface area contributed by atoms with E-state index in [4.69, 9.17) is 4.74 Å². The van der Waals surface area contributed by atoms with Crippen LogP contribution in [0.5, 0.6) is 5.75 Å². The van der Waals surface area contributed by atoms with E-state index in [1.165, 1.54) is 6.92 Å². The fourth-order valence-corrected chi connectivity index (χ4v) is 2.52. The minimum Gasteiger partial charge on any atom is -0.488 e. The zero-order valence-corrected chi connectivity index (χ0v) is 12.5. The summed E-state index contributed by atoms with van der Waals surface area (Å²) in [6, 6.07) is 2.74. The Hall–Kier alpha value is -1.93. The van der Waals surface area contributed by atoms with Crippen molar-refractivity contribution in [2.45, 2.75) is 39.0 Å². The number of benzene rings is 1. The number of hydrogen-bond donors (Lipinski definition) is 0. The summed E-state index contributed by atoms with van der Waals surface area (Å²) in [5.74, 6) is -1.82. The molecule has 1 aromatic carbocycles. The molecule has 0 N–H and O–H groups in total. The van der Waals surface area contributed by atoms with E-state index in [-0.39, 0.29) is 34.9 Å². The quantitative estimate of drug-likeness (QED) is 0.476. The van der Waals surface area contributed by atoms with E-state index < -0.39 is 29.5 Å². The molecule has 0 fully saturated rings. The molecule has 0 amide bonds. The molecule has 136 valence electrons. The van der Waals surface area contributed by atoms with Gasteiger partial charge < -0.3 is 4.74 Å². The molecule has 0 radical (unpaired) electrons. The molecule has 1 heterocycles. The van der Waals surface area contributed by atoms with E-state index >= 15 is 0 Å². The first kappa shape index (κ1) is 24.3. The highest BCUT2D eigenvalue weighted by molar-refractivity contribution is 6.12. The maximum Gasteiger partial charge on any atom is 0.416 e. The molecule has 0 aromatic heterocycles. The number of fused-ring (bicyclic) bond motifs is 1. The maximum atomic E-state index is 12.7. The number of halogens is 5. The van der Waals surface area contributed by atoms with Crippen LogP contribution in [0, 0.1) is 5.92 Å². The third kappa shape index (κ3) is 4.55. The lowest BCUT2D eigenvalue weighted by Crippen LogP contribution is -2.41. The van der Waals surface area contributed by atoms with Gasteiger partial charge in [0.05, 0.1) is 19.5 Å². The van der Waals surface area contributed by atoms with Gasteiger partial charge in [-0.25, -0.2) is 0 Å². The van der Waals surface area contributed by atoms with Crippen LogP contribution in [-0.4, -0.2) is 26.1 Å². The second kappa shape index (κ2) is 8.80. The topological polar surface area (TPSA) is 43.4 Å². The van der Waals surface area contributed by atoms with Crippen molar-refractivity contribution in [1.29, 1.82) is 0 Å². The Morgan fingerprint density at radius 2 is 1.83 bits per heavy atom. The highest BCUT2D eigenvalue weighted by atomic mass is 19.4. The van der Waals surface area contributed by atoms with Crippen molar-refractivity contribution in [1.82, 2.24) is 0 Å². The molecule has 0 bridgehead atoms. The van der Waals surface area contributed by atoms with Gasteiger partial charge in [-0.15, -0.1) is 0 Å². The van der Waals surface area contributed by atoms with Crippen LogP contribution < -0.4 is 4.74 Å². The third-order valence-corrected chi connectivity index (χ3v) is 3.52. The van der Waals surface area contributed by atoms with Gasteiger partial charge in [-0.05, 0) is 31.5 Å². The summed E-state index contributed by atoms with van der Waals surface area (Å²) in [6.45, 7) is 3.15. The molecule has 0 saturated heterocycles. The van der Waals surface area contributed by atoms with Crippen LogP contribution in [0.25, 0.3) is 0 Å². The van der Waals surface area contributed by atoms with Gasteiger partial charge in [0.2, 0.25) is 0 Å². The summed E-state index contributed by atoms with van der Waals surface area (Å²) in [6.07, 6.45) is -4.10. The first-order valence-electron chi connectivity index (χ1n) is 6.68. The molecule has 2 atom stereocenters. The number of alkyl halides is 3. The monoisotopic (exact) mass is 354 g/mol. The Bertz CT molecular complexity index is 589. The lowest BCUT2D eigenvalue weighted by molar-refractivity contribution is -0.138. The minimum absolute atomic E-state index is 0. The molecule has 1 aliphatic heterocycles. The Labute approximate surface area is 137 Å². The van der Waals surface area contributed by atoms with Crippen LogP contribution in [0.3, 0.4) is 0 Å². The lowest BCUT2D eigenvalue weighted by Gasteiger charge is -2.31. The summed E-state index contributed by atoms with van der Waals surface area (Å²) in [5, 5.41) is 0. The number of Topliss-reactive ketones (excluding diaryl/α,β-unsaturated/α-hetero) is 2. The van der Waals surface area contributed by atoms with Crippen molar-refractivity contribution >= 4 is 20.0 Å². The van der Waals surface area contributed by atoms with Crippen molar-refractivity contribution in [3.63, 3.8) is 0 Å². The Morgan fingerprint density at radius 1 is 1.25 bits per heavy atom. The molecule has 1 aliphatic rings. The average molecular weight is 354 g/mol. The Balaban J connectivity index is 0. The smallest absolute Gasteiger partial charge is 0.416 e. The second-order valence-corrected chi connectivity index (χ2v) is 5.11. The normalized spacial score (nSPS) is 19.0. The minimum atomic E-state index is -4.50. The summed E-state index contributed by atoms with van der Waals surface area (Å²) < 4.78 is 43.6. The zero-order valence-electron chi connectivity index (χ0n) is 12.5. The summed E-state index contributed by atoms with van der Waals surface area (Å²) in [4.78, 5) is 24.0. The molecular weight excluding hydrogens is 334 g/mol. The van der Waals surface area contributed by atoms with Gasteiger partial charge in [-0.2, -0.15) is 13.2 Å². The third-order valence-electron chi connectivity index (χ3n) is 3.52. The number of carbonyl (C=O) groups is 2. The van der Waals surface area contributed by atoms with Crippen molar-refractivity contribution in [2.24, 2.45) is 5.92 Å². The van der Waals surface area contributed by atoms with E-state index in [1.54, 1.807) is 0 Å². The van der Waals surface area contributed by atoms with Crippen LogP contribution >= 0.6 is 0 Å². The molecule has 24 heavy (non-hydrogen) atoms. The van der Waals surface area contributed by atoms with Crippen molar-refractivity contribution in [2.75, 3.05) is 0 Å². The van der Waals surface area contributed by atoms with Crippen molar-refractivity contribution < 1.29 is 36.9 Å². The predicted molar refractivity (Wildman–Crippen MR) is 84.2 cm³/mol. The number of ether oxygens (including phenoxy) is 1. The van der Waals surface area contributed by atoms with Crippen molar-refractivity contribution in [3.05, 3.63) is 29.3 Å². The number of hydrogen-bond acceptors (Lipinski definition) is 3. The van der Waals surface area contributed by atoms with Gasteiger partial charge in [0.15, 0.2) is 5.78 Å². The Kier molecular flexibility index (Phi) is 8.92. The van der Waals surface area contributed by atoms with Gasteiger partial charge in [0.25, 0.3) is 0 Å². The summed E-state index contributed by atoms with van der Waals surface area (Å²) in [7, 11) is 0. The molecule has 0 spiro atoms. The summed E-state index contributed by atoms with van der Waals surface area (Å²) >= 11 is 0. The average Bonchev–Trinajstić information content (AvgIpc) is 2.37. The molecule has 1 aromatic rings. The fourth-order valence-electron chi connectivity index (χ4n) is 2.52. The molecule has 9 heteroatoms. The number of carbonyl (C=O) groups excluding carboxylic acids is 2. The van der Waals surface area contributed by atoms with Crippen LogP contribution in [0.1, 0.15) is 42.6 Å². The fraction of sp³-hybridized carbons (Fsp3) is 0.467. The van der Waals surface area contributed by atoms with Gasteiger partial charge >= 0.3 is 6.18 Å². The molecule has 0 aliphatic carbocycles. The molecule has 2 unspecified atom stereocenters. The molecule has 3 nitrogen and oxygen atoms in total.